The molecule has 2 amide bonds. The number of ether oxygens (including phenoxy) is 1. The molecule has 0 aromatic heterocycles. The molecule has 2 aliphatic heterocycles. The highest BCUT2D eigenvalue weighted by atomic mass is 16.5. The van der Waals surface area contributed by atoms with E-state index in [-0.39, 0.29) is 12.1 Å². The molecule has 0 saturated carbocycles. The van der Waals surface area contributed by atoms with E-state index < -0.39 is 0 Å². The molecule has 132 valence electrons. The Morgan fingerprint density at radius 3 is 2.62 bits per heavy atom. The number of hydrogen-bond donors (Lipinski definition) is 1. The number of nitrogens with zero attached hydrogens (tertiary/aromatic N) is 3. The molecule has 6 heteroatoms. The van der Waals surface area contributed by atoms with Crippen LogP contribution in [0, 0.1) is 0 Å². The second-order valence-electron chi connectivity index (χ2n) is 6.77. The average molecular weight is 332 g/mol. The minimum absolute atomic E-state index is 0.0154. The molecule has 3 rings (SSSR count). The smallest absolute Gasteiger partial charge is 0.322 e. The van der Waals surface area contributed by atoms with Gasteiger partial charge in [-0.25, -0.2) is 4.79 Å². The van der Waals surface area contributed by atoms with E-state index in [1.807, 2.05) is 23.1 Å². The molecular weight excluding hydrogens is 304 g/mol. The van der Waals surface area contributed by atoms with Crippen molar-refractivity contribution in [1.82, 2.24) is 10.2 Å². The molecule has 0 radical (unpaired) electrons. The second kappa shape index (κ2) is 7.85. The van der Waals surface area contributed by atoms with Crippen LogP contribution >= 0.6 is 0 Å². The van der Waals surface area contributed by atoms with E-state index in [0.29, 0.717) is 0 Å². The van der Waals surface area contributed by atoms with Crippen molar-refractivity contribution in [3.05, 3.63) is 24.3 Å². The SMILES string of the molecule is CN(C)CCN1CCN(C(=O)NC2CCOCC2)c2ccccc21. The first-order valence-corrected chi connectivity index (χ1v) is 8.79. The maximum atomic E-state index is 12.7. The van der Waals surface area contributed by atoms with Crippen LogP contribution in [0.1, 0.15) is 12.8 Å². The van der Waals surface area contributed by atoms with Gasteiger partial charge in [-0.05, 0) is 39.1 Å². The zero-order valence-corrected chi connectivity index (χ0v) is 14.7. The molecule has 1 fully saturated rings. The molecule has 1 N–H and O–H groups in total. The molecule has 0 unspecified atom stereocenters. The number of likely N-dealkylation sites (N-methyl/N-ethyl adjacent to an activating group) is 1. The van der Waals surface area contributed by atoms with Crippen LogP contribution in [-0.2, 0) is 4.74 Å². The highest BCUT2D eigenvalue weighted by Gasteiger charge is 2.28. The van der Waals surface area contributed by atoms with Gasteiger partial charge in [-0.1, -0.05) is 12.1 Å². The fraction of sp³-hybridized carbons (Fsp3) is 0.611. The molecule has 1 saturated heterocycles. The predicted octanol–water partition coefficient (Wildman–Crippen LogP) is 1.76. The Morgan fingerprint density at radius 1 is 1.21 bits per heavy atom. The summed E-state index contributed by atoms with van der Waals surface area (Å²) in [7, 11) is 4.17. The van der Waals surface area contributed by atoms with Crippen LogP contribution in [0.15, 0.2) is 24.3 Å². The number of urea groups is 1. The van der Waals surface area contributed by atoms with Gasteiger partial charge in [0.25, 0.3) is 0 Å². The van der Waals surface area contributed by atoms with E-state index in [4.69, 9.17) is 4.74 Å². The monoisotopic (exact) mass is 332 g/mol. The van der Waals surface area contributed by atoms with Crippen molar-refractivity contribution in [2.75, 3.05) is 63.3 Å². The molecule has 0 spiro atoms. The number of anilines is 2. The van der Waals surface area contributed by atoms with E-state index >= 15 is 0 Å². The molecule has 0 atom stereocenters. The van der Waals surface area contributed by atoms with E-state index in [0.717, 1.165) is 63.6 Å². The van der Waals surface area contributed by atoms with Crippen LogP contribution in [0.5, 0.6) is 0 Å². The average Bonchev–Trinajstić information content (AvgIpc) is 2.60. The Bertz CT molecular complexity index is 558. The summed E-state index contributed by atoms with van der Waals surface area (Å²) in [5.41, 5.74) is 2.15. The van der Waals surface area contributed by atoms with Crippen LogP contribution in [-0.4, -0.2) is 70.5 Å². The lowest BCUT2D eigenvalue weighted by Crippen LogP contribution is -2.52. The number of amides is 2. The summed E-state index contributed by atoms with van der Waals surface area (Å²) >= 11 is 0. The number of carbonyl (C=O) groups excluding carboxylic acids is 1. The molecule has 1 aromatic rings. The predicted molar refractivity (Wildman–Crippen MR) is 96.9 cm³/mol. The van der Waals surface area contributed by atoms with Gasteiger partial charge in [0.05, 0.1) is 11.4 Å². The zero-order valence-electron chi connectivity index (χ0n) is 14.7. The second-order valence-corrected chi connectivity index (χ2v) is 6.77. The largest absolute Gasteiger partial charge is 0.381 e. The number of carbonyl (C=O) groups is 1. The van der Waals surface area contributed by atoms with Crippen LogP contribution in [0.25, 0.3) is 0 Å². The van der Waals surface area contributed by atoms with E-state index in [2.05, 4.69) is 35.3 Å². The van der Waals surface area contributed by atoms with Gasteiger partial charge in [0, 0.05) is 45.4 Å². The third-order valence-electron chi connectivity index (χ3n) is 4.72. The van der Waals surface area contributed by atoms with E-state index in [1.54, 1.807) is 0 Å². The zero-order chi connectivity index (χ0) is 16.9. The van der Waals surface area contributed by atoms with Gasteiger partial charge in [0.1, 0.15) is 0 Å². The fourth-order valence-corrected chi connectivity index (χ4v) is 3.28. The lowest BCUT2D eigenvalue weighted by molar-refractivity contribution is 0.0803. The first-order valence-electron chi connectivity index (χ1n) is 8.79. The minimum atomic E-state index is 0.0154. The summed E-state index contributed by atoms with van der Waals surface area (Å²) in [4.78, 5) is 19.2. The van der Waals surface area contributed by atoms with Gasteiger partial charge in [-0.2, -0.15) is 0 Å². The highest BCUT2D eigenvalue weighted by molar-refractivity contribution is 5.97. The molecule has 6 nitrogen and oxygen atoms in total. The van der Waals surface area contributed by atoms with E-state index in [1.165, 1.54) is 0 Å². The number of fused-ring (bicyclic) bond motifs is 1. The number of rotatable bonds is 4. The third kappa shape index (κ3) is 3.99. The number of benzene rings is 1. The first kappa shape index (κ1) is 17.0. The minimum Gasteiger partial charge on any atom is -0.381 e. The molecule has 24 heavy (non-hydrogen) atoms. The Morgan fingerprint density at radius 2 is 1.92 bits per heavy atom. The van der Waals surface area contributed by atoms with Crippen LogP contribution in [0.2, 0.25) is 0 Å². The molecule has 1 aromatic carbocycles. The lowest BCUT2D eigenvalue weighted by atomic mass is 10.1. The van der Waals surface area contributed by atoms with Gasteiger partial charge in [0.2, 0.25) is 0 Å². The fourth-order valence-electron chi connectivity index (χ4n) is 3.28. The Balaban J connectivity index is 1.70. The van der Waals surface area contributed by atoms with Crippen molar-refractivity contribution in [2.24, 2.45) is 0 Å². The number of nitrogens with one attached hydrogen (secondary N) is 1. The first-order chi connectivity index (χ1) is 11.6. The lowest BCUT2D eigenvalue weighted by Gasteiger charge is -2.39. The summed E-state index contributed by atoms with van der Waals surface area (Å²) in [6.45, 7) is 5.04. The van der Waals surface area contributed by atoms with Gasteiger partial charge in [-0.15, -0.1) is 0 Å². The van der Waals surface area contributed by atoms with Gasteiger partial charge >= 0.3 is 6.03 Å². The molecule has 2 heterocycles. The molecule has 0 bridgehead atoms. The van der Waals surface area contributed by atoms with Gasteiger partial charge in [0.15, 0.2) is 0 Å². The normalized spacial score (nSPS) is 18.6. The van der Waals surface area contributed by atoms with Crippen LogP contribution in [0.3, 0.4) is 0 Å². The van der Waals surface area contributed by atoms with Gasteiger partial charge < -0.3 is 19.9 Å². The standard InChI is InChI=1S/C18H28N4O2/c1-20(2)9-10-21-11-12-22(17-6-4-3-5-16(17)21)18(23)19-15-7-13-24-14-8-15/h3-6,15H,7-14H2,1-2H3,(H,19,23). The maximum Gasteiger partial charge on any atom is 0.322 e. The molecule has 0 aliphatic carbocycles. The van der Waals surface area contributed by atoms with Crippen molar-refractivity contribution >= 4 is 17.4 Å². The highest BCUT2D eigenvalue weighted by Crippen LogP contribution is 2.32. The Labute approximate surface area is 144 Å². The van der Waals surface area contributed by atoms with Crippen molar-refractivity contribution in [2.45, 2.75) is 18.9 Å². The quantitative estimate of drug-likeness (QED) is 0.913. The molecule has 2 aliphatic rings. The maximum absolute atomic E-state index is 12.7. The third-order valence-corrected chi connectivity index (χ3v) is 4.72. The summed E-state index contributed by atoms with van der Waals surface area (Å²) in [6, 6.07) is 8.44. The van der Waals surface area contributed by atoms with Crippen LogP contribution < -0.4 is 15.1 Å². The van der Waals surface area contributed by atoms with Crippen molar-refractivity contribution in [3.8, 4) is 0 Å². The van der Waals surface area contributed by atoms with Crippen molar-refractivity contribution in [3.63, 3.8) is 0 Å². The molecular formula is C18H28N4O2. The summed E-state index contributed by atoms with van der Waals surface area (Å²) in [5, 5.41) is 3.17. The Hall–Kier alpha value is -1.79. The number of hydrogen-bond acceptors (Lipinski definition) is 4. The van der Waals surface area contributed by atoms with Crippen molar-refractivity contribution < 1.29 is 9.53 Å². The van der Waals surface area contributed by atoms with Gasteiger partial charge in [-0.3, -0.25) is 4.90 Å². The van der Waals surface area contributed by atoms with Crippen LogP contribution in [0.4, 0.5) is 16.2 Å². The van der Waals surface area contributed by atoms with Crippen molar-refractivity contribution in [1.29, 1.82) is 0 Å². The number of para-hydroxylation sites is 2. The Kier molecular flexibility index (Phi) is 5.58. The summed E-state index contributed by atoms with van der Waals surface area (Å²) in [6.07, 6.45) is 1.80. The summed E-state index contributed by atoms with van der Waals surface area (Å²) in [5.74, 6) is 0. The van der Waals surface area contributed by atoms with E-state index in [9.17, 15) is 4.79 Å². The topological polar surface area (TPSA) is 48.0 Å². The summed E-state index contributed by atoms with van der Waals surface area (Å²) < 4.78 is 5.37.